The molecule has 0 radical (unpaired) electrons. The second-order valence-electron chi connectivity index (χ2n) is 4.77. The number of nitrogens with zero attached hydrogens (tertiary/aromatic N) is 4. The first-order chi connectivity index (χ1) is 8.98. The zero-order chi connectivity index (χ0) is 14.0. The van der Waals surface area contributed by atoms with Crippen LogP contribution in [-0.4, -0.2) is 31.3 Å². The molecule has 1 unspecified atom stereocenters. The van der Waals surface area contributed by atoms with Crippen LogP contribution in [0.3, 0.4) is 0 Å². The fraction of sp³-hybridized carbons (Fsp3) is 0.500. The molecule has 0 aliphatic heterocycles. The molecule has 2 aromatic rings. The van der Waals surface area contributed by atoms with Crippen LogP contribution < -0.4 is 0 Å². The first-order valence-electron chi connectivity index (χ1n) is 6.02. The normalized spacial score (nSPS) is 14.3. The number of aromatic nitrogens is 4. The molecule has 0 fully saturated rings. The predicted octanol–water partition coefficient (Wildman–Crippen LogP) is 1.74. The van der Waals surface area contributed by atoms with Gasteiger partial charge in [0.25, 0.3) is 0 Å². The van der Waals surface area contributed by atoms with Gasteiger partial charge in [-0.25, -0.2) is 4.68 Å². The quantitative estimate of drug-likeness (QED) is 0.884. The van der Waals surface area contributed by atoms with E-state index in [9.17, 15) is 9.90 Å². The number of aryl methyl sites for hydroxylation is 1. The number of furan rings is 1. The predicted molar refractivity (Wildman–Crippen MR) is 66.3 cm³/mol. The highest BCUT2D eigenvalue weighted by Crippen LogP contribution is 2.27. The second kappa shape index (κ2) is 4.83. The molecule has 0 saturated carbocycles. The van der Waals surface area contributed by atoms with E-state index in [1.165, 1.54) is 4.68 Å². The monoisotopic (exact) mass is 264 g/mol. The fourth-order valence-corrected chi connectivity index (χ4v) is 1.78. The van der Waals surface area contributed by atoms with Gasteiger partial charge in [-0.05, 0) is 36.8 Å². The molecule has 0 spiro atoms. The van der Waals surface area contributed by atoms with Gasteiger partial charge >= 0.3 is 5.97 Å². The van der Waals surface area contributed by atoms with Gasteiger partial charge in [0.15, 0.2) is 5.82 Å². The van der Waals surface area contributed by atoms with Crippen LogP contribution in [0.15, 0.2) is 16.7 Å². The summed E-state index contributed by atoms with van der Waals surface area (Å²) < 4.78 is 6.73. The summed E-state index contributed by atoms with van der Waals surface area (Å²) in [6, 6.07) is 1.77. The number of carbonyl (C=O) groups is 1. The third-order valence-electron chi connectivity index (χ3n) is 3.43. The Hall–Kier alpha value is -2.18. The Labute approximate surface area is 110 Å². The van der Waals surface area contributed by atoms with Gasteiger partial charge in [-0.1, -0.05) is 6.92 Å². The maximum Gasteiger partial charge on any atom is 0.311 e. The van der Waals surface area contributed by atoms with E-state index in [1.54, 1.807) is 19.3 Å². The lowest BCUT2D eigenvalue weighted by molar-refractivity contribution is -0.149. The summed E-state index contributed by atoms with van der Waals surface area (Å²) in [5.74, 6) is 0.358. The summed E-state index contributed by atoms with van der Waals surface area (Å²) in [5, 5.41) is 20.8. The second-order valence-corrected chi connectivity index (χ2v) is 4.77. The molecule has 1 N–H and O–H groups in total. The summed E-state index contributed by atoms with van der Waals surface area (Å²) >= 11 is 0. The van der Waals surface area contributed by atoms with E-state index < -0.39 is 11.4 Å². The number of aliphatic carboxylic acids is 1. The van der Waals surface area contributed by atoms with Crippen LogP contribution in [0, 0.1) is 12.3 Å². The first-order valence-corrected chi connectivity index (χ1v) is 6.02. The standard InChI is InChI=1S/C12H16N4O3/c1-4-12(3,11(17)18)7-16-10(13-14-15-16)9-5-6-19-8(9)2/h5-6H,4,7H2,1-3H3,(H,17,18). The Balaban J connectivity index is 2.36. The van der Waals surface area contributed by atoms with Gasteiger partial charge in [0.05, 0.1) is 23.8 Å². The van der Waals surface area contributed by atoms with Crippen molar-refractivity contribution in [1.29, 1.82) is 0 Å². The molecule has 0 aliphatic rings. The lowest BCUT2D eigenvalue weighted by Gasteiger charge is -2.22. The van der Waals surface area contributed by atoms with Crippen molar-refractivity contribution in [3.05, 3.63) is 18.1 Å². The number of hydrogen-bond donors (Lipinski definition) is 1. The summed E-state index contributed by atoms with van der Waals surface area (Å²) in [4.78, 5) is 11.3. The highest BCUT2D eigenvalue weighted by Gasteiger charge is 2.33. The highest BCUT2D eigenvalue weighted by atomic mass is 16.4. The molecule has 2 rings (SSSR count). The number of rotatable bonds is 5. The third kappa shape index (κ3) is 2.35. The Morgan fingerprint density at radius 3 is 2.84 bits per heavy atom. The van der Waals surface area contributed by atoms with Crippen molar-refractivity contribution in [2.24, 2.45) is 5.41 Å². The molecule has 0 amide bonds. The fourth-order valence-electron chi connectivity index (χ4n) is 1.78. The van der Waals surface area contributed by atoms with Gasteiger partial charge in [-0.15, -0.1) is 5.10 Å². The van der Waals surface area contributed by atoms with E-state index in [0.717, 1.165) is 5.56 Å². The largest absolute Gasteiger partial charge is 0.481 e. The van der Waals surface area contributed by atoms with Gasteiger partial charge < -0.3 is 9.52 Å². The van der Waals surface area contributed by atoms with Crippen LogP contribution in [0.4, 0.5) is 0 Å². The topological polar surface area (TPSA) is 94.0 Å². The molecule has 0 aromatic carbocycles. The van der Waals surface area contributed by atoms with Gasteiger partial charge in [-0.3, -0.25) is 4.79 Å². The summed E-state index contributed by atoms with van der Waals surface area (Å²) in [5.41, 5.74) is -0.129. The summed E-state index contributed by atoms with van der Waals surface area (Å²) in [6.45, 7) is 5.54. The molecule has 19 heavy (non-hydrogen) atoms. The number of carboxylic acids is 1. The Bertz CT molecular complexity index is 589. The van der Waals surface area contributed by atoms with Crippen molar-refractivity contribution >= 4 is 5.97 Å². The minimum absolute atomic E-state index is 0.214. The van der Waals surface area contributed by atoms with E-state index in [0.29, 0.717) is 18.0 Å². The average molecular weight is 264 g/mol. The molecule has 1 atom stereocenters. The maximum absolute atomic E-state index is 11.3. The summed E-state index contributed by atoms with van der Waals surface area (Å²) in [6.07, 6.45) is 2.05. The number of tetrazole rings is 1. The maximum atomic E-state index is 11.3. The van der Waals surface area contributed by atoms with Gasteiger partial charge in [0.1, 0.15) is 5.76 Å². The van der Waals surface area contributed by atoms with E-state index in [4.69, 9.17) is 4.42 Å². The number of carboxylic acid groups (broad SMARTS) is 1. The van der Waals surface area contributed by atoms with Crippen LogP contribution in [0.2, 0.25) is 0 Å². The first kappa shape index (κ1) is 13.3. The van der Waals surface area contributed by atoms with Gasteiger partial charge in [0.2, 0.25) is 0 Å². The van der Waals surface area contributed by atoms with E-state index in [1.807, 2.05) is 13.8 Å². The lowest BCUT2D eigenvalue weighted by Crippen LogP contribution is -2.32. The molecule has 0 aliphatic carbocycles. The van der Waals surface area contributed by atoms with Crippen molar-refractivity contribution in [3.63, 3.8) is 0 Å². The average Bonchev–Trinajstić information content (AvgIpc) is 2.97. The van der Waals surface area contributed by atoms with Crippen LogP contribution in [0.1, 0.15) is 26.0 Å². The molecular formula is C12H16N4O3. The molecule has 7 heteroatoms. The van der Waals surface area contributed by atoms with Crippen molar-refractivity contribution in [2.45, 2.75) is 33.7 Å². The summed E-state index contributed by atoms with van der Waals surface area (Å²) in [7, 11) is 0. The molecular weight excluding hydrogens is 248 g/mol. The zero-order valence-corrected chi connectivity index (χ0v) is 11.1. The van der Waals surface area contributed by atoms with E-state index >= 15 is 0 Å². The van der Waals surface area contributed by atoms with E-state index in [-0.39, 0.29) is 6.54 Å². The Morgan fingerprint density at radius 2 is 2.32 bits per heavy atom. The van der Waals surface area contributed by atoms with Crippen molar-refractivity contribution in [1.82, 2.24) is 20.2 Å². The Kier molecular flexibility index (Phi) is 3.37. The van der Waals surface area contributed by atoms with Crippen molar-refractivity contribution in [3.8, 4) is 11.4 Å². The van der Waals surface area contributed by atoms with Gasteiger partial charge in [-0.2, -0.15) is 0 Å². The van der Waals surface area contributed by atoms with Gasteiger partial charge in [0, 0.05) is 0 Å². The van der Waals surface area contributed by atoms with E-state index in [2.05, 4.69) is 15.5 Å². The van der Waals surface area contributed by atoms with Crippen molar-refractivity contribution in [2.75, 3.05) is 0 Å². The molecule has 102 valence electrons. The SMILES string of the molecule is CCC(C)(Cn1nnnc1-c1ccoc1C)C(=O)O. The minimum Gasteiger partial charge on any atom is -0.481 e. The zero-order valence-electron chi connectivity index (χ0n) is 11.1. The van der Waals surface area contributed by atoms with Crippen LogP contribution in [0.5, 0.6) is 0 Å². The highest BCUT2D eigenvalue weighted by molar-refractivity contribution is 5.74. The third-order valence-corrected chi connectivity index (χ3v) is 3.43. The molecule has 0 saturated heterocycles. The Morgan fingerprint density at radius 1 is 1.58 bits per heavy atom. The smallest absolute Gasteiger partial charge is 0.311 e. The molecule has 2 aromatic heterocycles. The molecule has 0 bridgehead atoms. The van der Waals surface area contributed by atoms with Crippen molar-refractivity contribution < 1.29 is 14.3 Å². The van der Waals surface area contributed by atoms with Crippen LogP contribution in [0.25, 0.3) is 11.4 Å². The lowest BCUT2D eigenvalue weighted by atomic mass is 9.88. The van der Waals surface area contributed by atoms with Crippen LogP contribution in [-0.2, 0) is 11.3 Å². The molecule has 2 heterocycles. The number of hydrogen-bond acceptors (Lipinski definition) is 5. The minimum atomic E-state index is -0.901. The van der Waals surface area contributed by atoms with Crippen LogP contribution >= 0.6 is 0 Å². The molecule has 7 nitrogen and oxygen atoms in total.